The molecule has 0 spiro atoms. The molecule has 0 aliphatic carbocycles. The molecule has 0 fully saturated rings. The van der Waals surface area contributed by atoms with Crippen LogP contribution in [0.25, 0.3) is 0 Å². The number of nitrogens with one attached hydrogen (secondary N) is 1. The average molecular weight is 335 g/mol. The van der Waals surface area contributed by atoms with E-state index in [0.717, 1.165) is 11.4 Å². The molecule has 0 unspecified atom stereocenters. The van der Waals surface area contributed by atoms with E-state index in [1.165, 1.54) is 11.1 Å². The molecule has 1 aliphatic heterocycles. The molecule has 24 heavy (non-hydrogen) atoms. The zero-order chi connectivity index (χ0) is 15.5. The van der Waals surface area contributed by atoms with E-state index in [0.29, 0.717) is 0 Å². The Morgan fingerprint density at radius 1 is 0.625 bits per heavy atom. The van der Waals surface area contributed by atoms with Crippen molar-refractivity contribution in [3.63, 3.8) is 0 Å². The molecule has 3 heteroatoms. The number of aliphatic imine (C=N–C) groups is 1. The van der Waals surface area contributed by atoms with E-state index < -0.39 is 0 Å². The summed E-state index contributed by atoms with van der Waals surface area (Å²) in [5, 5.41) is 3.62. The summed E-state index contributed by atoms with van der Waals surface area (Å²) in [4.78, 5) is 4.99. The standard InChI is InChI=1S/C21H18N2.ClH/c1-4-10-16(11-5-1)19-20(17-12-6-2-7-13-17)23-21(22-19)18-14-8-3-9-15-18;/h1-15,19-20H,(H,22,23);1H/t19-,20+;. The lowest BCUT2D eigenvalue weighted by atomic mass is 9.95. The Bertz CT molecular complexity index is 801. The van der Waals surface area contributed by atoms with Gasteiger partial charge in [0.25, 0.3) is 0 Å². The maximum absolute atomic E-state index is 4.99. The van der Waals surface area contributed by atoms with Crippen molar-refractivity contribution < 1.29 is 0 Å². The lowest BCUT2D eigenvalue weighted by molar-refractivity contribution is 0.572. The number of hydrogen-bond donors (Lipinski definition) is 1. The van der Waals surface area contributed by atoms with Gasteiger partial charge in [-0.3, -0.25) is 4.99 Å². The zero-order valence-corrected chi connectivity index (χ0v) is 14.0. The first-order valence-electron chi connectivity index (χ1n) is 7.91. The van der Waals surface area contributed by atoms with Gasteiger partial charge in [0.1, 0.15) is 11.9 Å². The van der Waals surface area contributed by atoms with Gasteiger partial charge in [-0.2, -0.15) is 0 Å². The summed E-state index contributed by atoms with van der Waals surface area (Å²) < 4.78 is 0. The van der Waals surface area contributed by atoms with E-state index in [2.05, 4.69) is 72.0 Å². The maximum Gasteiger partial charge on any atom is 0.129 e. The number of rotatable bonds is 3. The van der Waals surface area contributed by atoms with Crippen LogP contribution in [-0.2, 0) is 0 Å². The molecular formula is C21H19ClN2. The highest BCUT2D eigenvalue weighted by molar-refractivity contribution is 6.00. The quantitative estimate of drug-likeness (QED) is 0.720. The fourth-order valence-electron chi connectivity index (χ4n) is 3.07. The molecule has 1 heterocycles. The second-order valence-corrected chi connectivity index (χ2v) is 5.73. The number of halogens is 1. The van der Waals surface area contributed by atoms with Gasteiger partial charge in [0, 0.05) is 5.56 Å². The summed E-state index contributed by atoms with van der Waals surface area (Å²) >= 11 is 0. The second kappa shape index (κ2) is 7.33. The summed E-state index contributed by atoms with van der Waals surface area (Å²) in [6, 6.07) is 31.6. The first-order valence-corrected chi connectivity index (χ1v) is 7.91. The third-order valence-electron chi connectivity index (χ3n) is 4.22. The smallest absolute Gasteiger partial charge is 0.129 e. The molecular weight excluding hydrogens is 316 g/mol. The predicted octanol–water partition coefficient (Wildman–Crippen LogP) is 4.94. The Kier molecular flexibility index (Phi) is 4.97. The highest BCUT2D eigenvalue weighted by Crippen LogP contribution is 2.36. The summed E-state index contributed by atoms with van der Waals surface area (Å²) in [6.45, 7) is 0. The average Bonchev–Trinajstić information content (AvgIpc) is 3.09. The van der Waals surface area contributed by atoms with Crippen LogP contribution in [-0.4, -0.2) is 5.84 Å². The molecule has 0 radical (unpaired) electrons. The van der Waals surface area contributed by atoms with E-state index >= 15 is 0 Å². The molecule has 3 aromatic rings. The summed E-state index contributed by atoms with van der Waals surface area (Å²) in [6.07, 6.45) is 0. The van der Waals surface area contributed by atoms with Crippen LogP contribution < -0.4 is 5.32 Å². The van der Waals surface area contributed by atoms with E-state index in [-0.39, 0.29) is 24.5 Å². The first-order chi connectivity index (χ1) is 11.4. The largest absolute Gasteiger partial charge is 0.361 e. The fourth-order valence-corrected chi connectivity index (χ4v) is 3.07. The lowest BCUT2D eigenvalue weighted by Gasteiger charge is -2.19. The van der Waals surface area contributed by atoms with Crippen LogP contribution in [0.5, 0.6) is 0 Å². The number of benzene rings is 3. The van der Waals surface area contributed by atoms with Crippen LogP contribution in [0.1, 0.15) is 28.8 Å². The highest BCUT2D eigenvalue weighted by Gasteiger charge is 2.31. The molecule has 0 amide bonds. The predicted molar refractivity (Wildman–Crippen MR) is 102 cm³/mol. The second-order valence-electron chi connectivity index (χ2n) is 5.73. The van der Waals surface area contributed by atoms with Crippen LogP contribution >= 0.6 is 12.4 Å². The SMILES string of the molecule is Cl.c1ccc(C2=N[C@@H](c3ccccc3)[C@@H](c3ccccc3)N2)cc1. The Labute approximate surface area is 148 Å². The molecule has 0 aromatic heterocycles. The van der Waals surface area contributed by atoms with Crippen LogP contribution in [0, 0.1) is 0 Å². The van der Waals surface area contributed by atoms with Crippen LogP contribution in [0.3, 0.4) is 0 Å². The molecule has 0 bridgehead atoms. The Morgan fingerprint density at radius 3 is 1.71 bits per heavy atom. The summed E-state index contributed by atoms with van der Waals surface area (Å²) in [7, 11) is 0. The number of hydrogen-bond acceptors (Lipinski definition) is 2. The molecule has 2 nitrogen and oxygen atoms in total. The van der Waals surface area contributed by atoms with E-state index in [9.17, 15) is 0 Å². The van der Waals surface area contributed by atoms with E-state index in [1.807, 2.05) is 24.3 Å². The van der Waals surface area contributed by atoms with Gasteiger partial charge in [0.05, 0.1) is 6.04 Å². The van der Waals surface area contributed by atoms with Gasteiger partial charge in [-0.05, 0) is 11.1 Å². The minimum atomic E-state index is 0. The molecule has 2 atom stereocenters. The van der Waals surface area contributed by atoms with Crippen molar-refractivity contribution in [2.24, 2.45) is 4.99 Å². The highest BCUT2D eigenvalue weighted by atomic mass is 35.5. The normalized spacial score (nSPS) is 19.1. The molecule has 1 aliphatic rings. The summed E-state index contributed by atoms with van der Waals surface area (Å²) in [5.41, 5.74) is 3.63. The maximum atomic E-state index is 4.99. The van der Waals surface area contributed by atoms with Gasteiger partial charge in [-0.1, -0.05) is 91.0 Å². The first kappa shape index (κ1) is 16.3. The van der Waals surface area contributed by atoms with Gasteiger partial charge in [-0.25, -0.2) is 0 Å². The number of amidine groups is 1. The third kappa shape index (κ3) is 3.19. The zero-order valence-electron chi connectivity index (χ0n) is 13.2. The van der Waals surface area contributed by atoms with Crippen molar-refractivity contribution in [3.8, 4) is 0 Å². The Balaban J connectivity index is 0.00000169. The van der Waals surface area contributed by atoms with Crippen molar-refractivity contribution in [1.29, 1.82) is 0 Å². The number of nitrogens with zero attached hydrogens (tertiary/aromatic N) is 1. The van der Waals surface area contributed by atoms with Crippen LogP contribution in [0.15, 0.2) is 96.0 Å². The van der Waals surface area contributed by atoms with Crippen LogP contribution in [0.4, 0.5) is 0 Å². The van der Waals surface area contributed by atoms with Crippen molar-refractivity contribution in [3.05, 3.63) is 108 Å². The lowest BCUT2D eigenvalue weighted by Crippen LogP contribution is -2.24. The molecule has 1 N–H and O–H groups in total. The van der Waals surface area contributed by atoms with Crippen molar-refractivity contribution in [1.82, 2.24) is 5.32 Å². The van der Waals surface area contributed by atoms with Crippen molar-refractivity contribution in [2.75, 3.05) is 0 Å². The topological polar surface area (TPSA) is 24.4 Å². The Hall–Kier alpha value is -2.58. The fraction of sp³-hybridized carbons (Fsp3) is 0.0952. The molecule has 4 rings (SSSR count). The van der Waals surface area contributed by atoms with Crippen molar-refractivity contribution in [2.45, 2.75) is 12.1 Å². The summed E-state index contributed by atoms with van der Waals surface area (Å²) in [5.74, 6) is 0.966. The third-order valence-corrected chi connectivity index (χ3v) is 4.22. The molecule has 0 saturated heterocycles. The molecule has 120 valence electrons. The van der Waals surface area contributed by atoms with Gasteiger partial charge in [0.15, 0.2) is 0 Å². The molecule has 3 aromatic carbocycles. The van der Waals surface area contributed by atoms with Gasteiger partial charge in [-0.15, -0.1) is 12.4 Å². The monoisotopic (exact) mass is 334 g/mol. The minimum absolute atomic E-state index is 0. The van der Waals surface area contributed by atoms with Gasteiger partial charge >= 0.3 is 0 Å². The Morgan fingerprint density at radius 2 is 1.12 bits per heavy atom. The minimum Gasteiger partial charge on any atom is -0.361 e. The van der Waals surface area contributed by atoms with Crippen molar-refractivity contribution >= 4 is 18.2 Å². The van der Waals surface area contributed by atoms with Gasteiger partial charge in [0.2, 0.25) is 0 Å². The van der Waals surface area contributed by atoms with E-state index in [4.69, 9.17) is 4.99 Å². The van der Waals surface area contributed by atoms with E-state index in [1.54, 1.807) is 0 Å². The van der Waals surface area contributed by atoms with Crippen LogP contribution in [0.2, 0.25) is 0 Å². The van der Waals surface area contributed by atoms with Gasteiger partial charge < -0.3 is 5.32 Å². The molecule has 0 saturated carbocycles.